The Kier molecular flexibility index (Phi) is 7.03. The van der Waals surface area contributed by atoms with E-state index in [0.29, 0.717) is 0 Å². The molecule has 8 heteroatoms. The number of nitrogens with one attached hydrogen (secondary N) is 1. The van der Waals surface area contributed by atoms with Crippen LogP contribution in [0.4, 0.5) is 9.18 Å². The summed E-state index contributed by atoms with van der Waals surface area (Å²) in [5, 5.41) is 3.74. The van der Waals surface area contributed by atoms with Gasteiger partial charge in [0.2, 0.25) is 0 Å². The zero-order valence-electron chi connectivity index (χ0n) is 13.8. The summed E-state index contributed by atoms with van der Waals surface area (Å²) in [4.78, 5) is 35.4. The topological polar surface area (TPSA) is 94.1 Å². The van der Waals surface area contributed by atoms with Crippen LogP contribution in [0.3, 0.4) is 0 Å². The van der Waals surface area contributed by atoms with E-state index in [0.717, 1.165) is 14.2 Å². The maximum Gasteiger partial charge on any atom is 0.427 e. The molecule has 0 saturated carbocycles. The lowest BCUT2D eigenvalue weighted by Crippen LogP contribution is -2.35. The van der Waals surface area contributed by atoms with Gasteiger partial charge in [-0.05, 0) is 25.5 Å². The van der Waals surface area contributed by atoms with Crippen LogP contribution in [0, 0.1) is 11.7 Å². The standard InChI is InChI=1S/C16H19FN2O5/c1-9(18-19-16(22)24-4)13(15(21)23-3)14(10(2)20)11-7-5-6-8-12(11)17/h5-8,13-14H,1-4H3,(H,19,22)/b18-9+. The van der Waals surface area contributed by atoms with Crippen LogP contribution in [0.5, 0.6) is 0 Å². The molecule has 1 aromatic rings. The van der Waals surface area contributed by atoms with Crippen molar-refractivity contribution in [3.63, 3.8) is 0 Å². The number of carbonyl (C=O) groups is 3. The minimum atomic E-state index is -1.19. The van der Waals surface area contributed by atoms with Gasteiger partial charge in [-0.3, -0.25) is 9.59 Å². The molecular weight excluding hydrogens is 319 g/mol. The van der Waals surface area contributed by atoms with E-state index in [2.05, 4.69) is 15.3 Å². The highest BCUT2D eigenvalue weighted by Gasteiger charge is 2.37. The van der Waals surface area contributed by atoms with Crippen LogP contribution in [0.25, 0.3) is 0 Å². The molecule has 0 spiro atoms. The largest absolute Gasteiger partial charge is 0.468 e. The number of hydrogen-bond donors (Lipinski definition) is 1. The molecule has 130 valence electrons. The Balaban J connectivity index is 3.34. The van der Waals surface area contributed by atoms with Crippen LogP contribution < -0.4 is 5.43 Å². The van der Waals surface area contributed by atoms with Crippen molar-refractivity contribution in [2.45, 2.75) is 19.8 Å². The number of amides is 1. The van der Waals surface area contributed by atoms with Crippen molar-refractivity contribution in [1.82, 2.24) is 5.43 Å². The number of benzene rings is 1. The molecule has 0 heterocycles. The number of esters is 1. The second-order valence-electron chi connectivity index (χ2n) is 4.97. The minimum Gasteiger partial charge on any atom is -0.468 e. The molecule has 2 atom stereocenters. The molecule has 1 N–H and O–H groups in total. The molecular formula is C16H19FN2O5. The third-order valence-corrected chi connectivity index (χ3v) is 3.43. The van der Waals surface area contributed by atoms with Crippen LogP contribution >= 0.6 is 0 Å². The molecule has 0 radical (unpaired) electrons. The highest BCUT2D eigenvalue weighted by atomic mass is 19.1. The molecule has 0 aliphatic carbocycles. The number of hydrazone groups is 1. The van der Waals surface area contributed by atoms with Crippen molar-refractivity contribution in [3.05, 3.63) is 35.6 Å². The number of carbonyl (C=O) groups excluding carboxylic acids is 3. The first-order valence-corrected chi connectivity index (χ1v) is 7.04. The quantitative estimate of drug-likeness (QED) is 0.486. The normalized spacial score (nSPS) is 13.6. The Bertz CT molecular complexity index is 660. The lowest BCUT2D eigenvalue weighted by molar-refractivity contribution is -0.145. The average Bonchev–Trinajstić information content (AvgIpc) is 2.57. The maximum absolute atomic E-state index is 14.1. The number of rotatable bonds is 6. The van der Waals surface area contributed by atoms with Crippen LogP contribution in [0.1, 0.15) is 25.3 Å². The molecule has 1 rings (SSSR count). The van der Waals surface area contributed by atoms with Gasteiger partial charge in [0.1, 0.15) is 17.5 Å². The Labute approximate surface area is 138 Å². The summed E-state index contributed by atoms with van der Waals surface area (Å²) in [6, 6.07) is 5.64. The predicted octanol–water partition coefficient (Wildman–Crippen LogP) is 2.02. The van der Waals surface area contributed by atoms with E-state index in [4.69, 9.17) is 4.74 Å². The van der Waals surface area contributed by atoms with Gasteiger partial charge in [0.25, 0.3) is 0 Å². The first kappa shape index (κ1) is 19.3. The first-order valence-electron chi connectivity index (χ1n) is 7.04. The second kappa shape index (κ2) is 8.76. The van der Waals surface area contributed by atoms with Crippen LogP contribution in [0.15, 0.2) is 29.4 Å². The smallest absolute Gasteiger partial charge is 0.427 e. The van der Waals surface area contributed by atoms with Crippen LogP contribution in [0.2, 0.25) is 0 Å². The fourth-order valence-electron chi connectivity index (χ4n) is 2.28. The Morgan fingerprint density at radius 2 is 1.75 bits per heavy atom. The molecule has 0 bridgehead atoms. The summed E-state index contributed by atoms with van der Waals surface area (Å²) < 4.78 is 23.2. The van der Waals surface area contributed by atoms with Gasteiger partial charge in [-0.1, -0.05) is 18.2 Å². The van der Waals surface area contributed by atoms with Gasteiger partial charge in [-0.25, -0.2) is 14.6 Å². The molecule has 0 aliphatic heterocycles. The van der Waals surface area contributed by atoms with Gasteiger partial charge in [0.15, 0.2) is 0 Å². The predicted molar refractivity (Wildman–Crippen MR) is 84.0 cm³/mol. The number of Topliss-reactive ketones (excluding diaryl/α,β-unsaturated/α-hetero) is 1. The number of hydrogen-bond acceptors (Lipinski definition) is 6. The highest BCUT2D eigenvalue weighted by Crippen LogP contribution is 2.30. The van der Waals surface area contributed by atoms with E-state index in [1.807, 2.05) is 0 Å². The van der Waals surface area contributed by atoms with E-state index >= 15 is 0 Å². The Hall–Kier alpha value is -2.77. The van der Waals surface area contributed by atoms with E-state index in [9.17, 15) is 18.8 Å². The first-order chi connectivity index (χ1) is 11.3. The lowest BCUT2D eigenvalue weighted by atomic mass is 9.80. The van der Waals surface area contributed by atoms with E-state index < -0.39 is 35.5 Å². The zero-order chi connectivity index (χ0) is 18.3. The molecule has 0 fully saturated rings. The van der Waals surface area contributed by atoms with Gasteiger partial charge in [0, 0.05) is 0 Å². The summed E-state index contributed by atoms with van der Waals surface area (Å²) in [6.07, 6.45) is -0.844. The number of ether oxygens (including phenoxy) is 2. The van der Waals surface area contributed by atoms with Crippen molar-refractivity contribution in [2.75, 3.05) is 14.2 Å². The lowest BCUT2D eigenvalue weighted by Gasteiger charge is -2.23. The van der Waals surface area contributed by atoms with Crippen molar-refractivity contribution in [3.8, 4) is 0 Å². The van der Waals surface area contributed by atoms with Crippen molar-refractivity contribution in [2.24, 2.45) is 11.0 Å². The van der Waals surface area contributed by atoms with Gasteiger partial charge in [-0.2, -0.15) is 5.10 Å². The van der Waals surface area contributed by atoms with Crippen LogP contribution in [-0.2, 0) is 19.1 Å². The van der Waals surface area contributed by atoms with Gasteiger partial charge in [-0.15, -0.1) is 0 Å². The van der Waals surface area contributed by atoms with Gasteiger partial charge in [0.05, 0.1) is 25.8 Å². The van der Waals surface area contributed by atoms with Crippen LogP contribution in [-0.4, -0.2) is 37.8 Å². The minimum absolute atomic E-state index is 0.0491. The highest BCUT2D eigenvalue weighted by molar-refractivity contribution is 6.06. The fraction of sp³-hybridized carbons (Fsp3) is 0.375. The summed E-state index contributed by atoms with van der Waals surface area (Å²) in [5.41, 5.74) is 2.19. The third-order valence-electron chi connectivity index (χ3n) is 3.43. The Morgan fingerprint density at radius 1 is 1.12 bits per heavy atom. The van der Waals surface area contributed by atoms with Gasteiger partial charge >= 0.3 is 12.1 Å². The number of ketones is 1. The summed E-state index contributed by atoms with van der Waals surface area (Å²) >= 11 is 0. The average molecular weight is 338 g/mol. The second-order valence-corrected chi connectivity index (χ2v) is 4.97. The molecule has 0 saturated heterocycles. The van der Waals surface area contributed by atoms with Crippen molar-refractivity contribution in [1.29, 1.82) is 0 Å². The number of methoxy groups -OCH3 is 2. The summed E-state index contributed by atoms with van der Waals surface area (Å²) in [7, 11) is 2.30. The molecule has 7 nitrogen and oxygen atoms in total. The molecule has 0 aliphatic rings. The zero-order valence-corrected chi connectivity index (χ0v) is 13.8. The monoisotopic (exact) mass is 338 g/mol. The Morgan fingerprint density at radius 3 is 2.25 bits per heavy atom. The van der Waals surface area contributed by atoms with Crippen molar-refractivity contribution < 1.29 is 28.2 Å². The van der Waals surface area contributed by atoms with E-state index in [1.165, 1.54) is 32.0 Å². The third kappa shape index (κ3) is 4.61. The molecule has 2 unspecified atom stereocenters. The number of nitrogens with zero attached hydrogens (tertiary/aromatic N) is 1. The molecule has 1 amide bonds. The SMILES string of the molecule is COC(=O)N/N=C(\C)C(C(=O)OC)C(C(C)=O)c1ccccc1F. The summed E-state index contributed by atoms with van der Waals surface area (Å²) in [5.74, 6) is -4.17. The summed E-state index contributed by atoms with van der Waals surface area (Å²) in [6.45, 7) is 2.67. The molecule has 0 aromatic heterocycles. The van der Waals surface area contributed by atoms with E-state index in [1.54, 1.807) is 6.07 Å². The molecule has 1 aromatic carbocycles. The van der Waals surface area contributed by atoms with E-state index in [-0.39, 0.29) is 11.3 Å². The fourth-order valence-corrected chi connectivity index (χ4v) is 2.28. The number of halogens is 1. The molecule has 24 heavy (non-hydrogen) atoms. The maximum atomic E-state index is 14.1. The van der Waals surface area contributed by atoms with Gasteiger partial charge < -0.3 is 9.47 Å². The van der Waals surface area contributed by atoms with Crippen molar-refractivity contribution >= 4 is 23.6 Å².